The average Bonchev–Trinajstić information content (AvgIpc) is 2.86. The van der Waals surface area contributed by atoms with Crippen LogP contribution in [0.15, 0.2) is 121 Å². The molecule has 3 N–H and O–H groups in total. The molecule has 4 aromatic carbocycles. The Morgan fingerprint density at radius 1 is 0.594 bits per heavy atom. The van der Waals surface area contributed by atoms with E-state index in [-0.39, 0.29) is 5.91 Å². The second-order valence-electron chi connectivity index (χ2n) is 7.37. The topological polar surface area (TPSA) is 72.2 Å². The van der Waals surface area contributed by atoms with Gasteiger partial charge < -0.3 is 11.1 Å². The van der Waals surface area contributed by atoms with E-state index in [0.29, 0.717) is 5.56 Å². The summed E-state index contributed by atoms with van der Waals surface area (Å²) in [5.41, 5.74) is 6.51. The molecule has 4 nitrogen and oxygen atoms in total. The number of hydrogen-bond donors (Lipinski definition) is 2. The van der Waals surface area contributed by atoms with Crippen molar-refractivity contribution in [1.82, 2.24) is 5.32 Å². The van der Waals surface area contributed by atoms with Crippen LogP contribution in [0.4, 0.5) is 0 Å². The Hall–Kier alpha value is -3.75. The fourth-order valence-electron chi connectivity index (χ4n) is 4.04. The highest BCUT2D eigenvalue weighted by Gasteiger charge is 2.56. The number of benzene rings is 4. The van der Waals surface area contributed by atoms with E-state index in [9.17, 15) is 9.59 Å². The van der Waals surface area contributed by atoms with Crippen molar-refractivity contribution in [3.63, 3.8) is 0 Å². The molecule has 0 saturated carbocycles. The minimum absolute atomic E-state index is 0.332. The van der Waals surface area contributed by atoms with Crippen LogP contribution < -0.4 is 27.0 Å². The van der Waals surface area contributed by atoms with Crippen LogP contribution in [-0.4, -0.2) is 17.6 Å². The van der Waals surface area contributed by atoms with E-state index in [0.717, 1.165) is 15.9 Å². The molecule has 0 radical (unpaired) electrons. The maximum Gasteiger partial charge on any atom is 0.280 e. The van der Waals surface area contributed by atoms with Gasteiger partial charge in [0.15, 0.2) is 0 Å². The van der Waals surface area contributed by atoms with E-state index in [1.165, 1.54) is 0 Å². The molecule has 0 spiro atoms. The summed E-state index contributed by atoms with van der Waals surface area (Å²) >= 11 is 0. The zero-order valence-corrected chi connectivity index (χ0v) is 18.4. The molecule has 1 unspecified atom stereocenters. The molecule has 4 aromatic rings. The summed E-state index contributed by atoms with van der Waals surface area (Å²) < 4.78 is 0. The molecule has 32 heavy (non-hydrogen) atoms. The summed E-state index contributed by atoms with van der Waals surface area (Å²) in [6.07, 6.45) is 0. The second kappa shape index (κ2) is 9.59. The second-order valence-corrected chi connectivity index (χ2v) is 10.9. The van der Waals surface area contributed by atoms with Crippen LogP contribution in [0.5, 0.6) is 0 Å². The van der Waals surface area contributed by atoms with Gasteiger partial charge in [-0.3, -0.25) is 9.59 Å². The van der Waals surface area contributed by atoms with Gasteiger partial charge in [0.1, 0.15) is 23.2 Å². The Morgan fingerprint density at radius 2 is 0.938 bits per heavy atom. The van der Waals surface area contributed by atoms with E-state index >= 15 is 0 Å². The van der Waals surface area contributed by atoms with Crippen LogP contribution in [0.1, 0.15) is 10.4 Å². The maximum absolute atomic E-state index is 13.2. The third-order valence-electron chi connectivity index (χ3n) is 5.45. The lowest BCUT2D eigenvalue weighted by atomic mass is 10.2. The molecular weight excluding hydrogens is 415 g/mol. The van der Waals surface area contributed by atoms with Gasteiger partial charge >= 0.3 is 0 Å². The van der Waals surface area contributed by atoms with E-state index in [4.69, 9.17) is 5.73 Å². The molecule has 1 atom stereocenters. The Labute approximate surface area is 188 Å². The summed E-state index contributed by atoms with van der Waals surface area (Å²) in [4.78, 5) is 26.3. The normalized spacial score (nSPS) is 12.0. The molecule has 0 aliphatic rings. The van der Waals surface area contributed by atoms with Gasteiger partial charge in [0.2, 0.25) is 5.78 Å². The Morgan fingerprint density at radius 3 is 1.28 bits per heavy atom. The van der Waals surface area contributed by atoms with Crippen molar-refractivity contribution in [2.75, 3.05) is 0 Å². The fourth-order valence-corrected chi connectivity index (χ4v) is 8.45. The first-order chi connectivity index (χ1) is 15.6. The maximum atomic E-state index is 13.2. The number of nitrogens with two attached hydrogens (primary N) is 1. The third kappa shape index (κ3) is 4.05. The SMILES string of the molecule is NC(=O)C(NC(=O)c1ccccc1)[P+](c1ccccc1)(c1ccccc1)c1ccccc1. The number of nitrogens with one attached hydrogen (secondary N) is 1. The first-order valence-corrected chi connectivity index (χ1v) is 12.2. The summed E-state index contributed by atoms with van der Waals surface area (Å²) in [7, 11) is -2.70. The van der Waals surface area contributed by atoms with Gasteiger partial charge in [-0.25, -0.2) is 0 Å². The molecule has 0 aliphatic carbocycles. The zero-order valence-electron chi connectivity index (χ0n) is 17.5. The number of hydrogen-bond acceptors (Lipinski definition) is 2. The van der Waals surface area contributed by atoms with Crippen molar-refractivity contribution >= 4 is 35.0 Å². The predicted molar refractivity (Wildman–Crippen MR) is 132 cm³/mol. The quantitative estimate of drug-likeness (QED) is 0.434. The molecule has 0 heterocycles. The van der Waals surface area contributed by atoms with Crippen LogP contribution in [0, 0.1) is 0 Å². The van der Waals surface area contributed by atoms with E-state index in [2.05, 4.69) is 5.32 Å². The predicted octanol–water partition coefficient (Wildman–Crippen LogP) is 3.22. The standard InChI is InChI=1S/C27H23N2O2P/c28-25(30)27(29-26(31)21-13-5-1-6-14-21)32(22-15-7-2-8-16-22,23-17-9-3-10-18-23)24-19-11-4-12-20-24/h1-20,27H,(H2-,28,29,30,31)/p+1. The molecular formula is C27H24N2O2P+. The van der Waals surface area contributed by atoms with Crippen LogP contribution in [-0.2, 0) is 4.79 Å². The lowest BCUT2D eigenvalue weighted by Crippen LogP contribution is -2.53. The molecule has 0 aromatic heterocycles. The Balaban J connectivity index is 1.98. The van der Waals surface area contributed by atoms with E-state index in [1.807, 2.05) is 97.1 Å². The average molecular weight is 439 g/mol. The summed E-state index contributed by atoms with van der Waals surface area (Å²) in [6.45, 7) is 0. The molecule has 0 fully saturated rings. The molecule has 158 valence electrons. The van der Waals surface area contributed by atoms with Crippen molar-refractivity contribution in [3.05, 3.63) is 127 Å². The van der Waals surface area contributed by atoms with Gasteiger partial charge in [0, 0.05) is 5.56 Å². The largest absolute Gasteiger partial charge is 0.365 e. The first-order valence-electron chi connectivity index (χ1n) is 10.3. The Kier molecular flexibility index (Phi) is 6.44. The monoisotopic (exact) mass is 439 g/mol. The van der Waals surface area contributed by atoms with Crippen LogP contribution in [0.25, 0.3) is 0 Å². The van der Waals surface area contributed by atoms with Gasteiger partial charge in [0.25, 0.3) is 11.8 Å². The van der Waals surface area contributed by atoms with E-state index in [1.54, 1.807) is 24.3 Å². The number of amides is 2. The number of rotatable bonds is 7. The van der Waals surface area contributed by atoms with Gasteiger partial charge in [-0.05, 0) is 48.5 Å². The van der Waals surface area contributed by atoms with Crippen molar-refractivity contribution in [2.24, 2.45) is 5.73 Å². The summed E-state index contributed by atoms with van der Waals surface area (Å²) in [5.74, 6) is -1.83. The van der Waals surface area contributed by atoms with E-state index < -0.39 is 19.0 Å². The van der Waals surface area contributed by atoms with Crippen LogP contribution in [0.2, 0.25) is 0 Å². The lowest BCUT2D eigenvalue weighted by Gasteiger charge is -2.33. The summed E-state index contributed by atoms with van der Waals surface area (Å²) in [6, 6.07) is 38.5. The molecule has 5 heteroatoms. The minimum Gasteiger partial charge on any atom is -0.365 e. The van der Waals surface area contributed by atoms with Gasteiger partial charge in [-0.2, -0.15) is 0 Å². The molecule has 2 amide bonds. The fraction of sp³-hybridized carbons (Fsp3) is 0.0370. The first kappa shape index (κ1) is 21.5. The minimum atomic E-state index is -2.70. The van der Waals surface area contributed by atoms with Crippen LogP contribution in [0.3, 0.4) is 0 Å². The highest BCUT2D eigenvalue weighted by Crippen LogP contribution is 2.58. The number of carbonyl (C=O) groups is 2. The highest BCUT2D eigenvalue weighted by atomic mass is 31.2. The van der Waals surface area contributed by atoms with Gasteiger partial charge in [0.05, 0.1) is 0 Å². The number of carbonyl (C=O) groups excluding carboxylic acids is 2. The van der Waals surface area contributed by atoms with Crippen molar-refractivity contribution in [3.8, 4) is 0 Å². The van der Waals surface area contributed by atoms with Gasteiger partial charge in [-0.1, -0.05) is 72.8 Å². The summed E-state index contributed by atoms with van der Waals surface area (Å²) in [5, 5.41) is 5.91. The van der Waals surface area contributed by atoms with Crippen LogP contribution >= 0.6 is 7.26 Å². The zero-order chi connectivity index (χ0) is 22.4. The highest BCUT2D eigenvalue weighted by molar-refractivity contribution is 7.96. The van der Waals surface area contributed by atoms with Crippen molar-refractivity contribution in [2.45, 2.75) is 5.78 Å². The molecule has 0 bridgehead atoms. The third-order valence-corrected chi connectivity index (χ3v) is 9.95. The smallest absolute Gasteiger partial charge is 0.280 e. The van der Waals surface area contributed by atoms with Crippen molar-refractivity contribution in [1.29, 1.82) is 0 Å². The number of primary amides is 1. The van der Waals surface area contributed by atoms with Crippen molar-refractivity contribution < 1.29 is 9.59 Å². The van der Waals surface area contributed by atoms with Gasteiger partial charge in [-0.15, -0.1) is 0 Å². The lowest BCUT2D eigenvalue weighted by molar-refractivity contribution is -0.118. The molecule has 0 aliphatic heterocycles. The Bertz CT molecular complexity index is 1090. The molecule has 4 rings (SSSR count). The molecule has 0 saturated heterocycles.